The number of nitrogens with zero attached hydrogens (tertiary/aromatic N) is 2. The average molecular weight is 306 g/mol. The van der Waals surface area contributed by atoms with Crippen LogP contribution < -0.4 is 5.32 Å². The van der Waals surface area contributed by atoms with Crippen LogP contribution in [0.4, 0.5) is 11.5 Å². The number of nitrogens with one attached hydrogen (secondary N) is 1. The molecule has 100 valence electrons. The standard InChI is InChI=1S/C13H8ClN3O2S/c14-9-2-1-7(5-8(9)13(18)19)17-12-11-10(3-4-20-11)15-6-16-12/h1-6H,(H,18,19)(H,15,16,17). The smallest absolute Gasteiger partial charge is 0.337 e. The van der Waals surface area contributed by atoms with Crippen LogP contribution in [-0.2, 0) is 0 Å². The molecule has 0 saturated heterocycles. The first-order valence-corrected chi connectivity index (χ1v) is 6.89. The average Bonchev–Trinajstić information content (AvgIpc) is 2.90. The van der Waals surface area contributed by atoms with Gasteiger partial charge >= 0.3 is 5.97 Å². The lowest BCUT2D eigenvalue weighted by Crippen LogP contribution is -2.00. The minimum atomic E-state index is -1.07. The molecule has 5 nitrogen and oxygen atoms in total. The maximum absolute atomic E-state index is 11.1. The highest BCUT2D eigenvalue weighted by Crippen LogP contribution is 2.28. The second-order valence-electron chi connectivity index (χ2n) is 3.98. The number of halogens is 1. The van der Waals surface area contributed by atoms with Gasteiger partial charge in [-0.1, -0.05) is 11.6 Å². The Labute approximate surface area is 122 Å². The van der Waals surface area contributed by atoms with E-state index in [0.29, 0.717) is 11.5 Å². The SMILES string of the molecule is O=C(O)c1cc(Nc2ncnc3ccsc23)ccc1Cl. The number of carbonyl (C=O) groups is 1. The van der Waals surface area contributed by atoms with Crippen LogP contribution >= 0.6 is 22.9 Å². The fourth-order valence-corrected chi connectivity index (χ4v) is 2.77. The van der Waals surface area contributed by atoms with Crippen LogP contribution in [0, 0.1) is 0 Å². The maximum Gasteiger partial charge on any atom is 0.337 e. The third-order valence-electron chi connectivity index (χ3n) is 2.70. The third kappa shape index (κ3) is 2.31. The minimum Gasteiger partial charge on any atom is -0.478 e. The van der Waals surface area contributed by atoms with Gasteiger partial charge in [-0.3, -0.25) is 0 Å². The Morgan fingerprint density at radius 3 is 2.95 bits per heavy atom. The van der Waals surface area contributed by atoms with E-state index in [9.17, 15) is 4.79 Å². The number of hydrogen-bond acceptors (Lipinski definition) is 5. The molecule has 3 rings (SSSR count). The first-order chi connectivity index (χ1) is 9.65. The molecule has 20 heavy (non-hydrogen) atoms. The second-order valence-corrected chi connectivity index (χ2v) is 5.31. The molecule has 0 atom stereocenters. The van der Waals surface area contributed by atoms with Crippen molar-refractivity contribution in [3.63, 3.8) is 0 Å². The number of rotatable bonds is 3. The Kier molecular flexibility index (Phi) is 3.25. The first kappa shape index (κ1) is 12.8. The van der Waals surface area contributed by atoms with Crippen molar-refractivity contribution < 1.29 is 9.90 Å². The van der Waals surface area contributed by atoms with Gasteiger partial charge in [0.05, 0.1) is 20.8 Å². The molecule has 2 aromatic heterocycles. The van der Waals surface area contributed by atoms with Gasteiger partial charge in [-0.15, -0.1) is 11.3 Å². The molecule has 0 fully saturated rings. The van der Waals surface area contributed by atoms with E-state index < -0.39 is 5.97 Å². The van der Waals surface area contributed by atoms with Crippen molar-refractivity contribution in [3.05, 3.63) is 46.6 Å². The first-order valence-electron chi connectivity index (χ1n) is 5.63. The highest BCUT2D eigenvalue weighted by molar-refractivity contribution is 7.17. The van der Waals surface area contributed by atoms with Gasteiger partial charge < -0.3 is 10.4 Å². The molecule has 0 radical (unpaired) electrons. The molecule has 3 aromatic rings. The Morgan fingerprint density at radius 1 is 1.30 bits per heavy atom. The summed E-state index contributed by atoms with van der Waals surface area (Å²) in [5.74, 6) is -0.425. The van der Waals surface area contributed by atoms with Crippen LogP contribution in [0.2, 0.25) is 5.02 Å². The van der Waals surface area contributed by atoms with Crippen LogP contribution in [0.15, 0.2) is 36.0 Å². The Hall–Kier alpha value is -2.18. The predicted molar refractivity (Wildman–Crippen MR) is 79.1 cm³/mol. The number of benzene rings is 1. The topological polar surface area (TPSA) is 75.1 Å². The van der Waals surface area contributed by atoms with Crippen LogP contribution in [0.3, 0.4) is 0 Å². The summed E-state index contributed by atoms with van der Waals surface area (Å²) < 4.78 is 0.916. The van der Waals surface area contributed by atoms with Gasteiger partial charge in [0.2, 0.25) is 0 Å². The van der Waals surface area contributed by atoms with E-state index in [2.05, 4.69) is 15.3 Å². The summed E-state index contributed by atoms with van der Waals surface area (Å²) in [6.07, 6.45) is 1.46. The van der Waals surface area contributed by atoms with E-state index in [4.69, 9.17) is 16.7 Å². The van der Waals surface area contributed by atoms with E-state index in [-0.39, 0.29) is 10.6 Å². The summed E-state index contributed by atoms with van der Waals surface area (Å²) >= 11 is 7.36. The van der Waals surface area contributed by atoms with E-state index >= 15 is 0 Å². The van der Waals surface area contributed by atoms with Gasteiger partial charge in [0, 0.05) is 5.69 Å². The zero-order valence-electron chi connectivity index (χ0n) is 10.0. The predicted octanol–water partition coefficient (Wildman–Crippen LogP) is 3.79. The summed E-state index contributed by atoms with van der Waals surface area (Å²) in [5.41, 5.74) is 1.51. The highest BCUT2D eigenvalue weighted by atomic mass is 35.5. The van der Waals surface area contributed by atoms with Crippen molar-refractivity contribution in [1.29, 1.82) is 0 Å². The minimum absolute atomic E-state index is 0.0492. The maximum atomic E-state index is 11.1. The van der Waals surface area contributed by atoms with Crippen LogP contribution in [0.5, 0.6) is 0 Å². The number of anilines is 2. The molecular formula is C13H8ClN3O2S. The molecule has 0 amide bonds. The number of fused-ring (bicyclic) bond motifs is 1. The van der Waals surface area contributed by atoms with Crippen molar-refractivity contribution >= 4 is 50.6 Å². The summed E-state index contributed by atoms with van der Waals surface area (Å²) in [5, 5.41) is 14.3. The molecule has 0 saturated carbocycles. The fraction of sp³-hybridized carbons (Fsp3) is 0. The van der Waals surface area contributed by atoms with Crippen molar-refractivity contribution in [3.8, 4) is 0 Å². The highest BCUT2D eigenvalue weighted by Gasteiger charge is 2.11. The molecule has 7 heteroatoms. The van der Waals surface area contributed by atoms with Gasteiger partial charge in [-0.25, -0.2) is 14.8 Å². The zero-order chi connectivity index (χ0) is 14.1. The fourth-order valence-electron chi connectivity index (χ4n) is 1.78. The van der Waals surface area contributed by atoms with Crippen LogP contribution in [0.25, 0.3) is 10.2 Å². The van der Waals surface area contributed by atoms with Crippen molar-refractivity contribution in [2.45, 2.75) is 0 Å². The number of aromatic carboxylic acids is 1. The molecule has 0 bridgehead atoms. The van der Waals surface area contributed by atoms with Gasteiger partial charge in [-0.05, 0) is 29.6 Å². The van der Waals surface area contributed by atoms with Gasteiger partial charge in [0.15, 0.2) is 5.82 Å². The lowest BCUT2D eigenvalue weighted by atomic mass is 10.2. The second kappa shape index (κ2) is 5.07. The largest absolute Gasteiger partial charge is 0.478 e. The Morgan fingerprint density at radius 2 is 2.15 bits per heavy atom. The van der Waals surface area contributed by atoms with Gasteiger partial charge in [0.1, 0.15) is 6.33 Å². The van der Waals surface area contributed by atoms with Gasteiger partial charge in [-0.2, -0.15) is 0 Å². The lowest BCUT2D eigenvalue weighted by molar-refractivity contribution is 0.0697. The third-order valence-corrected chi connectivity index (χ3v) is 3.94. The number of aromatic nitrogens is 2. The summed E-state index contributed by atoms with van der Waals surface area (Å²) in [6.45, 7) is 0. The molecule has 0 aliphatic rings. The van der Waals surface area contributed by atoms with Crippen molar-refractivity contribution in [2.24, 2.45) is 0 Å². The molecule has 0 spiro atoms. The number of thiophene rings is 1. The normalized spacial score (nSPS) is 10.7. The number of hydrogen-bond donors (Lipinski definition) is 2. The van der Waals surface area contributed by atoms with Crippen LogP contribution in [-0.4, -0.2) is 21.0 Å². The number of carboxylic acid groups (broad SMARTS) is 1. The van der Waals surface area contributed by atoms with E-state index in [1.807, 2.05) is 11.4 Å². The quantitative estimate of drug-likeness (QED) is 0.770. The number of carboxylic acids is 1. The van der Waals surface area contributed by atoms with E-state index in [0.717, 1.165) is 10.2 Å². The van der Waals surface area contributed by atoms with Crippen molar-refractivity contribution in [1.82, 2.24) is 9.97 Å². The van der Waals surface area contributed by atoms with Gasteiger partial charge in [0.25, 0.3) is 0 Å². The summed E-state index contributed by atoms with van der Waals surface area (Å²) in [7, 11) is 0. The molecule has 1 aromatic carbocycles. The molecule has 2 heterocycles. The Balaban J connectivity index is 2.01. The monoisotopic (exact) mass is 305 g/mol. The summed E-state index contributed by atoms with van der Waals surface area (Å²) in [4.78, 5) is 19.4. The zero-order valence-corrected chi connectivity index (χ0v) is 11.6. The lowest BCUT2D eigenvalue weighted by Gasteiger charge is -2.08. The molecule has 0 aliphatic carbocycles. The van der Waals surface area contributed by atoms with Crippen LogP contribution in [0.1, 0.15) is 10.4 Å². The Bertz CT molecular complexity index is 803. The molecule has 0 aliphatic heterocycles. The molecular weight excluding hydrogens is 298 g/mol. The summed E-state index contributed by atoms with van der Waals surface area (Å²) in [6, 6.07) is 6.63. The van der Waals surface area contributed by atoms with E-state index in [1.54, 1.807) is 12.1 Å². The molecule has 2 N–H and O–H groups in total. The molecule has 0 unspecified atom stereocenters. The van der Waals surface area contributed by atoms with Crippen molar-refractivity contribution in [2.75, 3.05) is 5.32 Å². The van der Waals surface area contributed by atoms with E-state index in [1.165, 1.54) is 23.7 Å².